The van der Waals surface area contributed by atoms with Crippen LogP contribution in [0.25, 0.3) is 0 Å². The highest BCUT2D eigenvalue weighted by atomic mass is 15.2. The lowest BCUT2D eigenvalue weighted by Gasteiger charge is -2.42. The number of hydrogen-bond acceptors (Lipinski definition) is 2. The van der Waals surface area contributed by atoms with Gasteiger partial charge in [-0.05, 0) is 12.8 Å². The summed E-state index contributed by atoms with van der Waals surface area (Å²) in [7, 11) is 0. The Kier molecular flexibility index (Phi) is 1.91. The summed E-state index contributed by atoms with van der Waals surface area (Å²) in [6.07, 6.45) is 3.93. The summed E-state index contributed by atoms with van der Waals surface area (Å²) in [5.74, 6) is 0.555. The first kappa shape index (κ1) is 8.75. The standard InChI is InChI=1S/C10H17N3/c1-8(2)9-4-11-7-13(9)10(3)5-12-6-10/h4,7-8,12H,5-6H2,1-3H3. The van der Waals surface area contributed by atoms with Crippen molar-refractivity contribution in [2.45, 2.75) is 32.2 Å². The monoisotopic (exact) mass is 179 g/mol. The van der Waals surface area contributed by atoms with Gasteiger partial charge in [0.15, 0.2) is 0 Å². The van der Waals surface area contributed by atoms with E-state index in [9.17, 15) is 0 Å². The van der Waals surface area contributed by atoms with Crippen LogP contribution in [-0.2, 0) is 5.54 Å². The summed E-state index contributed by atoms with van der Waals surface area (Å²) in [6, 6.07) is 0. The molecular formula is C10H17N3. The highest BCUT2D eigenvalue weighted by Gasteiger charge is 2.34. The third-order valence-corrected chi connectivity index (χ3v) is 2.85. The minimum Gasteiger partial charge on any atom is -0.326 e. The summed E-state index contributed by atoms with van der Waals surface area (Å²) < 4.78 is 2.31. The van der Waals surface area contributed by atoms with Crippen molar-refractivity contribution in [2.24, 2.45) is 0 Å². The van der Waals surface area contributed by atoms with E-state index >= 15 is 0 Å². The molecule has 13 heavy (non-hydrogen) atoms. The first-order valence-electron chi connectivity index (χ1n) is 4.87. The summed E-state index contributed by atoms with van der Waals surface area (Å²) in [4.78, 5) is 4.23. The van der Waals surface area contributed by atoms with E-state index in [1.807, 2.05) is 12.5 Å². The molecule has 0 atom stereocenters. The molecule has 1 aliphatic heterocycles. The van der Waals surface area contributed by atoms with E-state index in [0.29, 0.717) is 5.92 Å². The maximum atomic E-state index is 4.23. The molecule has 0 aliphatic carbocycles. The zero-order valence-electron chi connectivity index (χ0n) is 8.54. The first-order valence-corrected chi connectivity index (χ1v) is 4.87. The van der Waals surface area contributed by atoms with Crippen LogP contribution in [0.2, 0.25) is 0 Å². The van der Waals surface area contributed by atoms with Crippen LogP contribution >= 0.6 is 0 Å². The largest absolute Gasteiger partial charge is 0.326 e. The Labute approximate surface area is 79.2 Å². The lowest BCUT2D eigenvalue weighted by Crippen LogP contribution is -2.58. The Morgan fingerprint density at radius 3 is 2.69 bits per heavy atom. The van der Waals surface area contributed by atoms with Crippen molar-refractivity contribution >= 4 is 0 Å². The van der Waals surface area contributed by atoms with Gasteiger partial charge >= 0.3 is 0 Å². The number of rotatable bonds is 2. The van der Waals surface area contributed by atoms with E-state index in [1.165, 1.54) is 5.69 Å². The fourth-order valence-electron chi connectivity index (χ4n) is 1.84. The molecule has 0 unspecified atom stereocenters. The lowest BCUT2D eigenvalue weighted by atomic mass is 9.93. The van der Waals surface area contributed by atoms with Crippen LogP contribution in [0.4, 0.5) is 0 Å². The summed E-state index contributed by atoms with van der Waals surface area (Å²) in [5.41, 5.74) is 1.60. The Balaban J connectivity index is 2.34. The van der Waals surface area contributed by atoms with E-state index in [4.69, 9.17) is 0 Å². The molecule has 72 valence electrons. The fourth-order valence-corrected chi connectivity index (χ4v) is 1.84. The highest BCUT2D eigenvalue weighted by Crippen LogP contribution is 2.25. The molecule has 1 N–H and O–H groups in total. The molecule has 1 aromatic rings. The average Bonchev–Trinajstić information content (AvgIpc) is 2.47. The van der Waals surface area contributed by atoms with E-state index in [1.54, 1.807) is 0 Å². The molecule has 0 amide bonds. The molecule has 0 aromatic carbocycles. The van der Waals surface area contributed by atoms with Crippen LogP contribution < -0.4 is 5.32 Å². The van der Waals surface area contributed by atoms with Crippen molar-refractivity contribution in [3.63, 3.8) is 0 Å². The molecule has 0 saturated carbocycles. The second-order valence-electron chi connectivity index (χ2n) is 4.44. The number of nitrogens with one attached hydrogen (secondary N) is 1. The summed E-state index contributed by atoms with van der Waals surface area (Å²) in [6.45, 7) is 8.81. The van der Waals surface area contributed by atoms with Crippen molar-refractivity contribution in [1.29, 1.82) is 0 Å². The third-order valence-electron chi connectivity index (χ3n) is 2.85. The fraction of sp³-hybridized carbons (Fsp3) is 0.700. The molecule has 1 saturated heterocycles. The molecule has 1 fully saturated rings. The summed E-state index contributed by atoms with van der Waals surface area (Å²) >= 11 is 0. The van der Waals surface area contributed by atoms with Crippen LogP contribution in [0.1, 0.15) is 32.4 Å². The number of nitrogens with zero attached hydrogens (tertiary/aromatic N) is 2. The van der Waals surface area contributed by atoms with Crippen molar-refractivity contribution in [3.05, 3.63) is 18.2 Å². The summed E-state index contributed by atoms with van der Waals surface area (Å²) in [5, 5.41) is 3.31. The zero-order chi connectivity index (χ0) is 9.47. The van der Waals surface area contributed by atoms with E-state index in [2.05, 4.69) is 35.6 Å². The van der Waals surface area contributed by atoms with Crippen LogP contribution in [0, 0.1) is 0 Å². The molecule has 2 heterocycles. The highest BCUT2D eigenvalue weighted by molar-refractivity contribution is 5.11. The molecule has 0 spiro atoms. The number of imidazole rings is 1. The molecule has 2 rings (SSSR count). The van der Waals surface area contributed by atoms with Crippen molar-refractivity contribution in [1.82, 2.24) is 14.9 Å². The maximum Gasteiger partial charge on any atom is 0.0954 e. The Morgan fingerprint density at radius 2 is 2.23 bits per heavy atom. The lowest BCUT2D eigenvalue weighted by molar-refractivity contribution is 0.194. The molecular weight excluding hydrogens is 162 g/mol. The van der Waals surface area contributed by atoms with Gasteiger partial charge < -0.3 is 9.88 Å². The molecule has 3 nitrogen and oxygen atoms in total. The van der Waals surface area contributed by atoms with Gasteiger partial charge in [-0.1, -0.05) is 13.8 Å². The molecule has 1 aromatic heterocycles. The Hall–Kier alpha value is -0.830. The van der Waals surface area contributed by atoms with E-state index in [0.717, 1.165) is 13.1 Å². The van der Waals surface area contributed by atoms with Gasteiger partial charge in [-0.2, -0.15) is 0 Å². The number of aromatic nitrogens is 2. The van der Waals surface area contributed by atoms with Crippen molar-refractivity contribution in [3.8, 4) is 0 Å². The topological polar surface area (TPSA) is 29.9 Å². The van der Waals surface area contributed by atoms with Gasteiger partial charge in [0.05, 0.1) is 11.9 Å². The SMILES string of the molecule is CC(C)c1cncn1C1(C)CNC1. The van der Waals surface area contributed by atoms with E-state index < -0.39 is 0 Å². The van der Waals surface area contributed by atoms with Crippen molar-refractivity contribution in [2.75, 3.05) is 13.1 Å². The molecule has 1 aliphatic rings. The van der Waals surface area contributed by atoms with Gasteiger partial charge in [0.25, 0.3) is 0 Å². The minimum atomic E-state index is 0.260. The normalized spacial score (nSPS) is 20.3. The van der Waals surface area contributed by atoms with Crippen LogP contribution in [0.3, 0.4) is 0 Å². The van der Waals surface area contributed by atoms with Crippen LogP contribution in [0.15, 0.2) is 12.5 Å². The van der Waals surface area contributed by atoms with Gasteiger partial charge in [0.1, 0.15) is 0 Å². The minimum absolute atomic E-state index is 0.260. The molecule has 0 bridgehead atoms. The number of hydrogen-bond donors (Lipinski definition) is 1. The van der Waals surface area contributed by atoms with Crippen LogP contribution in [-0.4, -0.2) is 22.6 Å². The van der Waals surface area contributed by atoms with Crippen molar-refractivity contribution < 1.29 is 0 Å². The third kappa shape index (κ3) is 1.27. The smallest absolute Gasteiger partial charge is 0.0954 e. The van der Waals surface area contributed by atoms with E-state index in [-0.39, 0.29) is 5.54 Å². The molecule has 3 heteroatoms. The second-order valence-corrected chi connectivity index (χ2v) is 4.44. The predicted molar refractivity (Wildman–Crippen MR) is 52.8 cm³/mol. The second kappa shape index (κ2) is 2.84. The Bertz CT molecular complexity index is 297. The first-order chi connectivity index (χ1) is 6.13. The average molecular weight is 179 g/mol. The predicted octanol–water partition coefficient (Wildman–Crippen LogP) is 1.32. The zero-order valence-corrected chi connectivity index (χ0v) is 8.54. The Morgan fingerprint density at radius 1 is 1.54 bits per heavy atom. The van der Waals surface area contributed by atoms with Gasteiger partial charge in [-0.25, -0.2) is 4.98 Å². The molecule has 0 radical (unpaired) electrons. The maximum absolute atomic E-state index is 4.23. The van der Waals surface area contributed by atoms with Gasteiger partial charge in [0, 0.05) is 25.0 Å². The van der Waals surface area contributed by atoms with Gasteiger partial charge in [-0.3, -0.25) is 0 Å². The van der Waals surface area contributed by atoms with Crippen LogP contribution in [0.5, 0.6) is 0 Å². The quantitative estimate of drug-likeness (QED) is 0.742. The van der Waals surface area contributed by atoms with Gasteiger partial charge in [0.2, 0.25) is 0 Å². The van der Waals surface area contributed by atoms with Gasteiger partial charge in [-0.15, -0.1) is 0 Å².